The Morgan fingerprint density at radius 1 is 1.48 bits per heavy atom. The van der Waals surface area contributed by atoms with Gasteiger partial charge in [-0.3, -0.25) is 4.79 Å². The van der Waals surface area contributed by atoms with Crippen molar-refractivity contribution in [3.05, 3.63) is 24.1 Å². The van der Waals surface area contributed by atoms with Crippen molar-refractivity contribution in [2.45, 2.75) is 12.8 Å². The van der Waals surface area contributed by atoms with Gasteiger partial charge < -0.3 is 19.5 Å². The first-order valence-corrected chi connectivity index (χ1v) is 6.68. The van der Waals surface area contributed by atoms with Crippen molar-refractivity contribution in [3.8, 4) is 17.7 Å². The third-order valence-corrected chi connectivity index (χ3v) is 3.63. The summed E-state index contributed by atoms with van der Waals surface area (Å²) < 4.78 is 10.9. The Bertz CT molecular complexity index is 676. The normalized spacial score (nSPS) is 15.9. The van der Waals surface area contributed by atoms with Gasteiger partial charge in [-0.05, 0) is 25.0 Å². The number of nitrogens with two attached hydrogens (primary N) is 1. The molecular formula is C14H14N4O3. The number of rotatable bonds is 3. The zero-order valence-electron chi connectivity index (χ0n) is 11.3. The van der Waals surface area contributed by atoms with E-state index >= 15 is 0 Å². The number of aromatic nitrogens is 1. The van der Waals surface area contributed by atoms with Crippen LogP contribution in [0.15, 0.2) is 27.2 Å². The van der Waals surface area contributed by atoms with E-state index in [4.69, 9.17) is 14.6 Å². The van der Waals surface area contributed by atoms with Crippen LogP contribution < -0.4 is 10.6 Å². The first-order valence-electron chi connectivity index (χ1n) is 6.68. The number of amides is 1. The standard InChI is InChI=1S/C14H14N4O3/c15-8-10-14(18-5-3-9(4-6-18)12(16)19)21-13(17-10)11-2-1-7-20-11/h1-2,7,9H,3-6H2,(H2,16,19). The van der Waals surface area contributed by atoms with Crippen LogP contribution in [-0.4, -0.2) is 24.0 Å². The number of hydrogen-bond donors (Lipinski definition) is 1. The van der Waals surface area contributed by atoms with E-state index in [1.165, 1.54) is 6.26 Å². The number of nitriles is 1. The maximum atomic E-state index is 11.2. The van der Waals surface area contributed by atoms with Crippen molar-refractivity contribution in [1.29, 1.82) is 5.26 Å². The van der Waals surface area contributed by atoms with Gasteiger partial charge in [0.15, 0.2) is 5.76 Å². The van der Waals surface area contributed by atoms with Gasteiger partial charge >= 0.3 is 0 Å². The third-order valence-electron chi connectivity index (χ3n) is 3.63. The maximum Gasteiger partial charge on any atom is 0.266 e. The molecule has 7 nitrogen and oxygen atoms in total. The molecule has 0 aromatic carbocycles. The quantitative estimate of drug-likeness (QED) is 0.915. The van der Waals surface area contributed by atoms with Crippen LogP contribution >= 0.6 is 0 Å². The number of nitrogens with zero attached hydrogens (tertiary/aromatic N) is 3. The van der Waals surface area contributed by atoms with E-state index in [0.717, 1.165) is 0 Å². The molecule has 0 saturated carbocycles. The molecule has 0 atom stereocenters. The summed E-state index contributed by atoms with van der Waals surface area (Å²) in [5, 5.41) is 9.20. The number of carbonyl (C=O) groups is 1. The predicted molar refractivity (Wildman–Crippen MR) is 73.1 cm³/mol. The van der Waals surface area contributed by atoms with Gasteiger partial charge in [0.05, 0.1) is 6.26 Å². The molecule has 21 heavy (non-hydrogen) atoms. The summed E-state index contributed by atoms with van der Waals surface area (Å²) >= 11 is 0. The highest BCUT2D eigenvalue weighted by atomic mass is 16.4. The van der Waals surface area contributed by atoms with Crippen LogP contribution in [0.5, 0.6) is 0 Å². The molecule has 0 unspecified atom stereocenters. The van der Waals surface area contributed by atoms with Gasteiger partial charge in [-0.25, -0.2) is 0 Å². The molecule has 1 fully saturated rings. The number of furan rings is 1. The molecular weight excluding hydrogens is 272 g/mol. The average molecular weight is 286 g/mol. The van der Waals surface area contributed by atoms with Gasteiger partial charge in [-0.15, -0.1) is 0 Å². The molecule has 108 valence electrons. The highest BCUT2D eigenvalue weighted by Gasteiger charge is 2.28. The molecule has 0 bridgehead atoms. The van der Waals surface area contributed by atoms with E-state index in [2.05, 4.69) is 4.98 Å². The molecule has 1 saturated heterocycles. The Labute approximate surface area is 120 Å². The average Bonchev–Trinajstić information content (AvgIpc) is 3.16. The molecule has 1 aliphatic heterocycles. The van der Waals surface area contributed by atoms with E-state index in [1.54, 1.807) is 12.1 Å². The van der Waals surface area contributed by atoms with Crippen LogP contribution in [-0.2, 0) is 4.79 Å². The highest BCUT2D eigenvalue weighted by Crippen LogP contribution is 2.31. The summed E-state index contributed by atoms with van der Waals surface area (Å²) in [6, 6.07) is 5.47. The van der Waals surface area contributed by atoms with E-state index in [-0.39, 0.29) is 23.4 Å². The first-order chi connectivity index (χ1) is 10.2. The van der Waals surface area contributed by atoms with Gasteiger partial charge in [0, 0.05) is 19.0 Å². The molecule has 7 heteroatoms. The number of oxazole rings is 1. The van der Waals surface area contributed by atoms with Crippen molar-refractivity contribution in [2.75, 3.05) is 18.0 Å². The second-order valence-corrected chi connectivity index (χ2v) is 4.93. The number of hydrogen-bond acceptors (Lipinski definition) is 6. The third kappa shape index (κ3) is 2.48. The lowest BCUT2D eigenvalue weighted by Gasteiger charge is -2.30. The molecule has 1 aliphatic rings. The van der Waals surface area contributed by atoms with Gasteiger partial charge in [0.2, 0.25) is 17.5 Å². The van der Waals surface area contributed by atoms with Crippen molar-refractivity contribution < 1.29 is 13.6 Å². The second kappa shape index (κ2) is 5.32. The zero-order valence-corrected chi connectivity index (χ0v) is 11.3. The Morgan fingerprint density at radius 2 is 2.24 bits per heavy atom. The molecule has 2 N–H and O–H groups in total. The van der Waals surface area contributed by atoms with Gasteiger partial charge in [-0.1, -0.05) is 0 Å². The molecule has 2 aromatic heterocycles. The molecule has 0 aliphatic carbocycles. The fourth-order valence-corrected chi connectivity index (χ4v) is 2.47. The zero-order chi connectivity index (χ0) is 14.8. The summed E-state index contributed by atoms with van der Waals surface area (Å²) in [5.41, 5.74) is 5.54. The molecule has 1 amide bonds. The topological polar surface area (TPSA) is 109 Å². The monoisotopic (exact) mass is 286 g/mol. The summed E-state index contributed by atoms with van der Waals surface area (Å²) in [5.74, 6) is 0.795. The lowest BCUT2D eigenvalue weighted by Crippen LogP contribution is -2.38. The lowest BCUT2D eigenvalue weighted by molar-refractivity contribution is -0.122. The van der Waals surface area contributed by atoms with E-state index in [9.17, 15) is 10.1 Å². The van der Waals surface area contributed by atoms with Crippen LogP contribution in [0.3, 0.4) is 0 Å². The second-order valence-electron chi connectivity index (χ2n) is 4.93. The number of piperidine rings is 1. The van der Waals surface area contributed by atoms with Crippen molar-refractivity contribution in [1.82, 2.24) is 4.98 Å². The van der Waals surface area contributed by atoms with Gasteiger partial charge in [0.1, 0.15) is 6.07 Å². The van der Waals surface area contributed by atoms with Crippen LogP contribution in [0.4, 0.5) is 5.88 Å². The lowest BCUT2D eigenvalue weighted by atomic mass is 9.96. The van der Waals surface area contributed by atoms with E-state index in [1.807, 2.05) is 11.0 Å². The number of anilines is 1. The van der Waals surface area contributed by atoms with Crippen molar-refractivity contribution in [2.24, 2.45) is 11.7 Å². The molecule has 0 radical (unpaired) electrons. The van der Waals surface area contributed by atoms with Gasteiger partial charge in [0.25, 0.3) is 5.89 Å². The van der Waals surface area contributed by atoms with Crippen LogP contribution in [0.1, 0.15) is 18.5 Å². The Kier molecular flexibility index (Phi) is 3.36. The Balaban J connectivity index is 1.83. The molecule has 3 heterocycles. The number of primary amides is 1. The SMILES string of the molecule is N#Cc1nc(-c2ccco2)oc1N1CCC(C(N)=O)CC1. The van der Waals surface area contributed by atoms with Crippen LogP contribution in [0.2, 0.25) is 0 Å². The smallest absolute Gasteiger partial charge is 0.266 e. The van der Waals surface area contributed by atoms with E-state index < -0.39 is 0 Å². The fraction of sp³-hybridized carbons (Fsp3) is 0.357. The van der Waals surface area contributed by atoms with Gasteiger partial charge in [-0.2, -0.15) is 10.2 Å². The number of carbonyl (C=O) groups excluding carboxylic acids is 1. The first kappa shape index (κ1) is 13.2. The molecule has 2 aromatic rings. The predicted octanol–water partition coefficient (Wildman–Crippen LogP) is 1.51. The van der Waals surface area contributed by atoms with Crippen LogP contribution in [0.25, 0.3) is 11.7 Å². The Morgan fingerprint density at radius 3 is 2.81 bits per heavy atom. The fourth-order valence-electron chi connectivity index (χ4n) is 2.47. The summed E-state index contributed by atoms with van der Waals surface area (Å²) in [7, 11) is 0. The Hall–Kier alpha value is -2.75. The minimum Gasteiger partial charge on any atom is -0.459 e. The van der Waals surface area contributed by atoms with Crippen LogP contribution in [0, 0.1) is 17.2 Å². The minimum atomic E-state index is -0.274. The summed E-state index contributed by atoms with van der Waals surface area (Å²) in [6.07, 6.45) is 2.82. The highest BCUT2D eigenvalue weighted by molar-refractivity contribution is 5.77. The van der Waals surface area contributed by atoms with Crippen molar-refractivity contribution in [3.63, 3.8) is 0 Å². The van der Waals surface area contributed by atoms with E-state index in [0.29, 0.717) is 37.6 Å². The maximum absolute atomic E-state index is 11.2. The van der Waals surface area contributed by atoms with Crippen molar-refractivity contribution >= 4 is 11.8 Å². The summed E-state index contributed by atoms with van der Waals surface area (Å²) in [4.78, 5) is 17.2. The minimum absolute atomic E-state index is 0.112. The molecule has 0 spiro atoms. The largest absolute Gasteiger partial charge is 0.459 e. The summed E-state index contributed by atoms with van der Waals surface area (Å²) in [6.45, 7) is 1.21. The molecule has 3 rings (SSSR count).